The van der Waals surface area contributed by atoms with Gasteiger partial charge in [-0.25, -0.2) is 0 Å². The second-order valence-electron chi connectivity index (χ2n) is 11.8. The maximum absolute atomic E-state index is 13.1. The van der Waals surface area contributed by atoms with Crippen molar-refractivity contribution in [2.75, 3.05) is 32.8 Å². The third-order valence-electron chi connectivity index (χ3n) is 8.86. The Kier molecular flexibility index (Phi) is 10.7. The summed E-state index contributed by atoms with van der Waals surface area (Å²) in [5, 5.41) is 34.6. The first kappa shape index (κ1) is 32.7. The van der Waals surface area contributed by atoms with Crippen LogP contribution in [0.3, 0.4) is 0 Å². The number of aliphatic carboxylic acids is 1. The number of hydrogen-bond donors (Lipinski definition) is 5. The molecule has 1 saturated heterocycles. The highest BCUT2D eigenvalue weighted by Crippen LogP contribution is 2.36. The fourth-order valence-electron chi connectivity index (χ4n) is 6.14. The normalized spacial score (nSPS) is 15.0. The molecular formula is C36H41N3O7. The number of pyridine rings is 1. The number of nitrogens with one attached hydrogen (secondary N) is 2. The second kappa shape index (κ2) is 15.1. The largest absolute Gasteiger partial charge is 0.506 e. The summed E-state index contributed by atoms with van der Waals surface area (Å²) in [5.41, 5.74) is 1.02. The summed E-state index contributed by atoms with van der Waals surface area (Å²) in [6, 6.07) is 22.5. The Hall–Kier alpha value is -4.67. The Labute approximate surface area is 267 Å². The molecule has 0 aliphatic carbocycles. The highest BCUT2D eigenvalue weighted by Gasteiger charge is 2.43. The molecule has 10 heteroatoms. The summed E-state index contributed by atoms with van der Waals surface area (Å²) < 4.78 is 5.87. The van der Waals surface area contributed by atoms with Crippen LogP contribution in [-0.2, 0) is 10.2 Å². The molecule has 4 aromatic rings. The van der Waals surface area contributed by atoms with Gasteiger partial charge >= 0.3 is 5.97 Å². The average Bonchev–Trinajstić information content (AvgIpc) is 3.08. The van der Waals surface area contributed by atoms with Crippen molar-refractivity contribution in [1.82, 2.24) is 15.2 Å². The van der Waals surface area contributed by atoms with Gasteiger partial charge in [-0.05, 0) is 79.8 Å². The van der Waals surface area contributed by atoms with Crippen molar-refractivity contribution in [3.05, 3.63) is 106 Å². The Bertz CT molecular complexity index is 1680. The van der Waals surface area contributed by atoms with Crippen molar-refractivity contribution in [2.45, 2.75) is 50.0 Å². The number of amides is 1. The highest BCUT2D eigenvalue weighted by atomic mass is 16.5. The zero-order valence-corrected chi connectivity index (χ0v) is 25.8. The van der Waals surface area contributed by atoms with E-state index in [0.29, 0.717) is 66.9 Å². The SMILES string of the molecule is O=C(c1ccc(OCCCCCCNCC(O)c2ccc(O)c3[nH]c(=O)ccc23)cc1)N1CCC(C(=O)O)(c2ccccc2)CC1. The lowest BCUT2D eigenvalue weighted by Crippen LogP contribution is -2.49. The number of aromatic hydroxyl groups is 1. The van der Waals surface area contributed by atoms with Crippen LogP contribution in [0.15, 0.2) is 83.7 Å². The lowest BCUT2D eigenvalue weighted by molar-refractivity contribution is -0.145. The van der Waals surface area contributed by atoms with Gasteiger partial charge in [0.15, 0.2) is 0 Å². The minimum Gasteiger partial charge on any atom is -0.506 e. The summed E-state index contributed by atoms with van der Waals surface area (Å²) in [7, 11) is 0. The number of piperidine rings is 1. The van der Waals surface area contributed by atoms with Crippen LogP contribution in [0.2, 0.25) is 0 Å². The number of hydrogen-bond acceptors (Lipinski definition) is 7. The lowest BCUT2D eigenvalue weighted by Gasteiger charge is -2.39. The second-order valence-corrected chi connectivity index (χ2v) is 11.8. The molecule has 3 aromatic carbocycles. The van der Waals surface area contributed by atoms with Crippen LogP contribution >= 0.6 is 0 Å². The van der Waals surface area contributed by atoms with Crippen LogP contribution in [0.4, 0.5) is 0 Å². The van der Waals surface area contributed by atoms with Gasteiger partial charge in [0.2, 0.25) is 5.56 Å². The smallest absolute Gasteiger partial charge is 0.314 e. The van der Waals surface area contributed by atoms with E-state index in [9.17, 15) is 29.7 Å². The van der Waals surface area contributed by atoms with E-state index in [1.54, 1.807) is 41.3 Å². The molecule has 2 heterocycles. The zero-order chi connectivity index (χ0) is 32.5. The maximum Gasteiger partial charge on any atom is 0.314 e. The van der Waals surface area contributed by atoms with E-state index >= 15 is 0 Å². The third-order valence-corrected chi connectivity index (χ3v) is 8.86. The van der Waals surface area contributed by atoms with Gasteiger partial charge in [0.1, 0.15) is 11.5 Å². The van der Waals surface area contributed by atoms with Crippen molar-refractivity contribution in [3.63, 3.8) is 0 Å². The Balaban J connectivity index is 0.972. The first-order valence-electron chi connectivity index (χ1n) is 15.8. The summed E-state index contributed by atoms with van der Waals surface area (Å²) in [4.78, 5) is 41.3. The molecule has 1 amide bonds. The van der Waals surface area contributed by atoms with E-state index in [1.807, 2.05) is 30.3 Å². The topological polar surface area (TPSA) is 152 Å². The van der Waals surface area contributed by atoms with Gasteiger partial charge in [-0.1, -0.05) is 49.2 Å². The van der Waals surface area contributed by atoms with Gasteiger partial charge in [0.25, 0.3) is 5.91 Å². The predicted octanol–water partition coefficient (Wildman–Crippen LogP) is 4.75. The van der Waals surface area contributed by atoms with Gasteiger partial charge in [-0.2, -0.15) is 0 Å². The zero-order valence-electron chi connectivity index (χ0n) is 25.8. The van der Waals surface area contributed by atoms with E-state index in [2.05, 4.69) is 10.3 Å². The molecule has 1 unspecified atom stereocenters. The number of aliphatic hydroxyl groups excluding tert-OH is 1. The standard InChI is InChI=1S/C36H41N3O7/c40-30-16-14-28(29-15-17-32(42)38-33(29)30)31(41)24-37-20-6-1-2-7-23-46-27-12-10-25(11-13-27)34(43)39-21-18-36(19-22-39,35(44)45)26-8-4-3-5-9-26/h3-5,8-17,31,37,40-41H,1-2,6-7,18-24H2,(H,38,42)(H,44,45). The number of aromatic nitrogens is 1. The van der Waals surface area contributed by atoms with Crippen molar-refractivity contribution >= 4 is 22.8 Å². The number of H-pyrrole nitrogens is 1. The molecule has 1 aliphatic rings. The van der Waals surface area contributed by atoms with Crippen LogP contribution in [0.5, 0.6) is 11.5 Å². The van der Waals surface area contributed by atoms with Crippen molar-refractivity contribution in [2.24, 2.45) is 0 Å². The fraction of sp³-hybridized carbons (Fsp3) is 0.361. The van der Waals surface area contributed by atoms with Crippen LogP contribution in [0, 0.1) is 0 Å². The molecule has 0 radical (unpaired) electrons. The van der Waals surface area contributed by atoms with E-state index in [4.69, 9.17) is 4.74 Å². The number of carboxylic acid groups (broad SMARTS) is 1. The minimum absolute atomic E-state index is 0.0309. The molecule has 1 atom stereocenters. The molecule has 0 spiro atoms. The van der Waals surface area contributed by atoms with Gasteiger partial charge in [-0.3, -0.25) is 14.4 Å². The summed E-state index contributed by atoms with van der Waals surface area (Å²) in [6.07, 6.45) is 3.81. The molecule has 0 bridgehead atoms. The number of nitrogens with zero attached hydrogens (tertiary/aromatic N) is 1. The number of carbonyl (C=O) groups excluding carboxylic acids is 1. The Morgan fingerprint density at radius 2 is 1.63 bits per heavy atom. The fourth-order valence-corrected chi connectivity index (χ4v) is 6.14. The van der Waals surface area contributed by atoms with Gasteiger partial charge < -0.3 is 35.3 Å². The highest BCUT2D eigenvalue weighted by molar-refractivity contribution is 5.94. The number of ether oxygens (including phenoxy) is 1. The Morgan fingerprint density at radius 1 is 0.913 bits per heavy atom. The average molecular weight is 628 g/mol. The number of phenols is 1. The number of carboxylic acids is 1. The summed E-state index contributed by atoms with van der Waals surface area (Å²) in [6.45, 7) is 2.44. The van der Waals surface area contributed by atoms with E-state index < -0.39 is 17.5 Å². The quantitative estimate of drug-likeness (QED) is 0.126. The molecule has 1 aromatic heterocycles. The molecule has 0 saturated carbocycles. The molecule has 242 valence electrons. The predicted molar refractivity (Wildman–Crippen MR) is 175 cm³/mol. The number of likely N-dealkylation sites (tertiary alicyclic amines) is 1. The number of fused-ring (bicyclic) bond motifs is 1. The number of benzene rings is 3. The number of rotatable bonds is 14. The third kappa shape index (κ3) is 7.58. The summed E-state index contributed by atoms with van der Waals surface area (Å²) in [5.74, 6) is -0.282. The molecule has 1 aliphatic heterocycles. The van der Waals surface area contributed by atoms with Crippen molar-refractivity contribution in [3.8, 4) is 11.5 Å². The monoisotopic (exact) mass is 627 g/mol. The van der Waals surface area contributed by atoms with E-state index in [-0.39, 0.29) is 17.2 Å². The first-order chi connectivity index (χ1) is 22.3. The van der Waals surface area contributed by atoms with Crippen molar-refractivity contribution in [1.29, 1.82) is 0 Å². The van der Waals surface area contributed by atoms with Gasteiger partial charge in [0, 0.05) is 36.7 Å². The maximum atomic E-state index is 13.1. The summed E-state index contributed by atoms with van der Waals surface area (Å²) >= 11 is 0. The molecule has 5 rings (SSSR count). The molecule has 10 nitrogen and oxygen atoms in total. The number of carbonyl (C=O) groups is 2. The molecule has 46 heavy (non-hydrogen) atoms. The number of phenolic OH excluding ortho intramolecular Hbond substituents is 1. The number of aromatic amines is 1. The van der Waals surface area contributed by atoms with Crippen molar-refractivity contribution < 1.29 is 29.6 Å². The molecular weight excluding hydrogens is 586 g/mol. The van der Waals surface area contributed by atoms with Gasteiger partial charge in [0.05, 0.1) is 23.6 Å². The van der Waals surface area contributed by atoms with Crippen LogP contribution in [-0.4, -0.2) is 69.9 Å². The number of aliphatic hydroxyl groups is 1. The van der Waals surface area contributed by atoms with E-state index in [0.717, 1.165) is 37.8 Å². The van der Waals surface area contributed by atoms with E-state index in [1.165, 1.54) is 12.1 Å². The first-order valence-corrected chi connectivity index (χ1v) is 15.8. The van der Waals surface area contributed by atoms with Crippen LogP contribution in [0.25, 0.3) is 10.9 Å². The van der Waals surface area contributed by atoms with Gasteiger partial charge in [-0.15, -0.1) is 0 Å². The Morgan fingerprint density at radius 3 is 2.35 bits per heavy atom. The van der Waals surface area contributed by atoms with Crippen LogP contribution in [0.1, 0.15) is 66.1 Å². The number of unbranched alkanes of at least 4 members (excludes halogenated alkanes) is 3. The minimum atomic E-state index is -0.969. The van der Waals surface area contributed by atoms with Crippen LogP contribution < -0.4 is 15.6 Å². The lowest BCUT2D eigenvalue weighted by atomic mass is 9.73. The molecule has 1 fully saturated rings. The molecule has 5 N–H and O–H groups in total.